The van der Waals surface area contributed by atoms with Gasteiger partial charge in [0.15, 0.2) is 0 Å². The maximum Gasteiger partial charge on any atom is 0.226 e. The second kappa shape index (κ2) is 8.08. The van der Waals surface area contributed by atoms with Gasteiger partial charge in [0.1, 0.15) is 0 Å². The molecule has 1 saturated carbocycles. The van der Waals surface area contributed by atoms with Crippen molar-refractivity contribution in [1.82, 2.24) is 4.90 Å². The smallest absolute Gasteiger partial charge is 0.226 e. The Morgan fingerprint density at radius 2 is 2.16 bits per heavy atom. The normalized spacial score (nSPS) is 30.4. The summed E-state index contributed by atoms with van der Waals surface area (Å²) in [5, 5.41) is 0. The second-order valence-electron chi connectivity index (χ2n) is 5.63. The van der Waals surface area contributed by atoms with Crippen LogP contribution in [0.2, 0.25) is 0 Å². The highest BCUT2D eigenvalue weighted by Gasteiger charge is 2.37. The molecule has 1 unspecified atom stereocenters. The number of ether oxygens (including phenoxy) is 1. The molecule has 1 amide bonds. The molecule has 0 aromatic rings. The van der Waals surface area contributed by atoms with Gasteiger partial charge in [-0.05, 0) is 38.6 Å². The number of carbonyl (C=O) groups excluding carboxylic acids is 1. The third-order valence-corrected chi connectivity index (χ3v) is 4.43. The summed E-state index contributed by atoms with van der Waals surface area (Å²) in [6.07, 6.45) is 4.41. The fourth-order valence-electron chi connectivity index (χ4n) is 3.33. The summed E-state index contributed by atoms with van der Waals surface area (Å²) in [6, 6.07) is 0. The van der Waals surface area contributed by atoms with E-state index in [0.29, 0.717) is 24.3 Å². The summed E-state index contributed by atoms with van der Waals surface area (Å²) in [7, 11) is 0. The Balaban J connectivity index is 0.00000180. The summed E-state index contributed by atoms with van der Waals surface area (Å²) in [5.74, 6) is 1.50. The molecule has 3 atom stereocenters. The van der Waals surface area contributed by atoms with E-state index in [-0.39, 0.29) is 18.3 Å². The summed E-state index contributed by atoms with van der Waals surface area (Å²) < 4.78 is 5.46. The Morgan fingerprint density at radius 1 is 1.37 bits per heavy atom. The Kier molecular flexibility index (Phi) is 7.11. The molecule has 2 N–H and O–H groups in total. The van der Waals surface area contributed by atoms with Crippen LogP contribution in [-0.4, -0.2) is 43.7 Å². The highest BCUT2D eigenvalue weighted by molar-refractivity contribution is 5.85. The molecule has 112 valence electrons. The van der Waals surface area contributed by atoms with E-state index in [2.05, 4.69) is 0 Å². The zero-order chi connectivity index (χ0) is 13.0. The van der Waals surface area contributed by atoms with Crippen molar-refractivity contribution in [3.63, 3.8) is 0 Å². The minimum Gasteiger partial charge on any atom is -0.381 e. The van der Waals surface area contributed by atoms with Crippen LogP contribution >= 0.6 is 12.4 Å². The fourth-order valence-corrected chi connectivity index (χ4v) is 3.33. The topological polar surface area (TPSA) is 55.6 Å². The molecule has 2 fully saturated rings. The molecule has 0 aromatic heterocycles. The van der Waals surface area contributed by atoms with Crippen LogP contribution < -0.4 is 5.73 Å². The van der Waals surface area contributed by atoms with Crippen LogP contribution in [0.25, 0.3) is 0 Å². The van der Waals surface area contributed by atoms with Crippen molar-refractivity contribution in [3.8, 4) is 0 Å². The number of likely N-dealkylation sites (tertiary alicyclic amines) is 1. The van der Waals surface area contributed by atoms with Crippen LogP contribution in [0.3, 0.4) is 0 Å². The van der Waals surface area contributed by atoms with Gasteiger partial charge < -0.3 is 15.4 Å². The van der Waals surface area contributed by atoms with E-state index in [0.717, 1.165) is 52.0 Å². The van der Waals surface area contributed by atoms with E-state index >= 15 is 0 Å². The minimum atomic E-state index is 0. The lowest BCUT2D eigenvalue weighted by Crippen LogP contribution is -2.38. The van der Waals surface area contributed by atoms with Crippen LogP contribution in [0.15, 0.2) is 0 Å². The van der Waals surface area contributed by atoms with Gasteiger partial charge in [0.05, 0.1) is 6.61 Å². The molecule has 0 spiro atoms. The molecule has 0 radical (unpaired) electrons. The van der Waals surface area contributed by atoms with Crippen LogP contribution in [0.5, 0.6) is 0 Å². The summed E-state index contributed by atoms with van der Waals surface area (Å²) >= 11 is 0. The fraction of sp³-hybridized carbons (Fsp3) is 0.929. The predicted molar refractivity (Wildman–Crippen MR) is 78.3 cm³/mol. The molecule has 5 heteroatoms. The first-order valence-electron chi connectivity index (χ1n) is 7.32. The number of rotatable bonds is 5. The lowest BCUT2D eigenvalue weighted by atomic mass is 9.95. The first kappa shape index (κ1) is 16.7. The van der Waals surface area contributed by atoms with Crippen LogP contribution in [0.1, 0.15) is 32.6 Å². The number of hydrogen-bond acceptors (Lipinski definition) is 3. The predicted octanol–water partition coefficient (Wildman–Crippen LogP) is 1.67. The highest BCUT2D eigenvalue weighted by Crippen LogP contribution is 2.33. The van der Waals surface area contributed by atoms with E-state index < -0.39 is 0 Å². The van der Waals surface area contributed by atoms with Crippen molar-refractivity contribution in [1.29, 1.82) is 0 Å². The first-order valence-corrected chi connectivity index (χ1v) is 7.32. The van der Waals surface area contributed by atoms with Gasteiger partial charge >= 0.3 is 0 Å². The van der Waals surface area contributed by atoms with Gasteiger partial charge in [0.25, 0.3) is 0 Å². The van der Waals surface area contributed by atoms with Crippen LogP contribution in [0, 0.1) is 17.8 Å². The summed E-state index contributed by atoms with van der Waals surface area (Å²) in [4.78, 5) is 14.5. The number of nitrogens with zero attached hydrogens (tertiary/aromatic N) is 1. The monoisotopic (exact) mass is 290 g/mol. The molecular formula is C14H27ClN2O2. The lowest BCUT2D eigenvalue weighted by molar-refractivity contribution is -0.135. The van der Waals surface area contributed by atoms with Gasteiger partial charge in [-0.1, -0.05) is 6.42 Å². The quantitative estimate of drug-likeness (QED) is 0.838. The molecule has 1 aliphatic carbocycles. The number of amides is 1. The Bertz CT molecular complexity index is 289. The summed E-state index contributed by atoms with van der Waals surface area (Å²) in [5.41, 5.74) is 5.76. The number of halogens is 1. The van der Waals surface area contributed by atoms with E-state index in [1.54, 1.807) is 0 Å². The summed E-state index contributed by atoms with van der Waals surface area (Å²) in [6.45, 7) is 6.03. The Morgan fingerprint density at radius 3 is 2.84 bits per heavy atom. The largest absolute Gasteiger partial charge is 0.381 e. The van der Waals surface area contributed by atoms with E-state index in [4.69, 9.17) is 10.5 Å². The van der Waals surface area contributed by atoms with Gasteiger partial charge in [0, 0.05) is 31.5 Å². The zero-order valence-electron chi connectivity index (χ0n) is 11.8. The molecule has 1 heterocycles. The van der Waals surface area contributed by atoms with Gasteiger partial charge in [-0.3, -0.25) is 4.79 Å². The van der Waals surface area contributed by atoms with Gasteiger partial charge in [0.2, 0.25) is 5.91 Å². The van der Waals surface area contributed by atoms with Crippen LogP contribution in [0.4, 0.5) is 0 Å². The van der Waals surface area contributed by atoms with Crippen molar-refractivity contribution in [2.24, 2.45) is 23.5 Å². The molecule has 1 saturated heterocycles. The van der Waals surface area contributed by atoms with Gasteiger partial charge in [-0.25, -0.2) is 0 Å². The molecule has 0 aromatic carbocycles. The van der Waals surface area contributed by atoms with Crippen molar-refractivity contribution >= 4 is 18.3 Å². The second-order valence-corrected chi connectivity index (χ2v) is 5.63. The third-order valence-electron chi connectivity index (χ3n) is 4.43. The van der Waals surface area contributed by atoms with Crippen molar-refractivity contribution in [2.45, 2.75) is 32.6 Å². The standard InChI is InChI=1S/C14H26N2O2.ClH/c1-2-18-10-11-6-7-16(9-11)14(17)13-5-3-4-12(13)8-15;/h11-13H,2-10,15H2,1H3;1H/t11?,12-,13-;/m1./s1. The van der Waals surface area contributed by atoms with E-state index in [1.807, 2.05) is 11.8 Å². The average Bonchev–Trinajstić information content (AvgIpc) is 3.04. The number of nitrogens with two attached hydrogens (primary N) is 1. The SMILES string of the molecule is CCOCC1CCN(C(=O)[C@@H]2CCC[C@@H]2CN)C1.Cl. The first-order chi connectivity index (χ1) is 8.76. The molecule has 2 aliphatic rings. The highest BCUT2D eigenvalue weighted by atomic mass is 35.5. The zero-order valence-corrected chi connectivity index (χ0v) is 12.7. The molecule has 2 rings (SSSR count). The molecule has 4 nitrogen and oxygen atoms in total. The van der Waals surface area contributed by atoms with Crippen molar-refractivity contribution in [3.05, 3.63) is 0 Å². The van der Waals surface area contributed by atoms with Crippen molar-refractivity contribution in [2.75, 3.05) is 32.8 Å². The molecule has 1 aliphatic heterocycles. The maximum atomic E-state index is 12.5. The van der Waals surface area contributed by atoms with Gasteiger partial charge in [-0.2, -0.15) is 0 Å². The van der Waals surface area contributed by atoms with Crippen LogP contribution in [-0.2, 0) is 9.53 Å². The average molecular weight is 291 g/mol. The maximum absolute atomic E-state index is 12.5. The number of hydrogen-bond donors (Lipinski definition) is 1. The third kappa shape index (κ3) is 4.07. The Labute approximate surface area is 122 Å². The minimum absolute atomic E-state index is 0. The number of carbonyl (C=O) groups is 1. The van der Waals surface area contributed by atoms with Gasteiger partial charge in [-0.15, -0.1) is 12.4 Å². The molecule has 19 heavy (non-hydrogen) atoms. The molecular weight excluding hydrogens is 264 g/mol. The van der Waals surface area contributed by atoms with Crippen molar-refractivity contribution < 1.29 is 9.53 Å². The lowest BCUT2D eigenvalue weighted by Gasteiger charge is -2.24. The molecule has 0 bridgehead atoms. The Hall–Kier alpha value is -0.320. The van der Waals surface area contributed by atoms with E-state index in [1.165, 1.54) is 0 Å². The van der Waals surface area contributed by atoms with E-state index in [9.17, 15) is 4.79 Å².